The molecule has 0 N–H and O–H groups in total. The van der Waals surface area contributed by atoms with Gasteiger partial charge in [-0.2, -0.15) is 5.26 Å². The summed E-state index contributed by atoms with van der Waals surface area (Å²) in [6.45, 7) is 3.98. The minimum atomic E-state index is -0.807. The second kappa shape index (κ2) is 2.47. The summed E-state index contributed by atoms with van der Waals surface area (Å²) in [7, 11) is 0. The molecule has 0 aromatic heterocycles. The highest BCUT2D eigenvalue weighted by Gasteiger charge is 2.60. The van der Waals surface area contributed by atoms with Crippen LogP contribution >= 0.6 is 0 Å². The van der Waals surface area contributed by atoms with Crippen LogP contribution in [0.2, 0.25) is 0 Å². The molecule has 0 bridgehead atoms. The van der Waals surface area contributed by atoms with Crippen molar-refractivity contribution in [2.45, 2.75) is 32.8 Å². The molecular formula is C10H13NO2. The Morgan fingerprint density at radius 1 is 1.62 bits per heavy atom. The lowest BCUT2D eigenvalue weighted by molar-refractivity contribution is -0.146. The minimum Gasteiger partial charge on any atom is -0.461 e. The van der Waals surface area contributed by atoms with Gasteiger partial charge in [0, 0.05) is 5.92 Å². The molecule has 2 rings (SSSR count). The summed E-state index contributed by atoms with van der Waals surface area (Å²) < 4.78 is 5.11. The molecule has 3 unspecified atom stereocenters. The Kier molecular flexibility index (Phi) is 1.63. The van der Waals surface area contributed by atoms with E-state index >= 15 is 0 Å². The molecule has 1 aliphatic carbocycles. The van der Waals surface area contributed by atoms with Gasteiger partial charge in [0.1, 0.15) is 6.10 Å². The van der Waals surface area contributed by atoms with E-state index in [0.717, 1.165) is 6.42 Å². The lowest BCUT2D eigenvalue weighted by atomic mass is 9.79. The number of hydrogen-bond donors (Lipinski definition) is 0. The summed E-state index contributed by atoms with van der Waals surface area (Å²) >= 11 is 0. The fraction of sp³-hybridized carbons (Fsp3) is 0.800. The van der Waals surface area contributed by atoms with Crippen LogP contribution in [0.4, 0.5) is 0 Å². The predicted molar refractivity (Wildman–Crippen MR) is 45.5 cm³/mol. The van der Waals surface area contributed by atoms with Gasteiger partial charge in [0.05, 0.1) is 6.07 Å². The van der Waals surface area contributed by atoms with Crippen molar-refractivity contribution in [3.05, 3.63) is 0 Å². The van der Waals surface area contributed by atoms with E-state index in [-0.39, 0.29) is 18.0 Å². The lowest BCUT2D eigenvalue weighted by Crippen LogP contribution is -2.27. The number of ether oxygens (including phenoxy) is 1. The van der Waals surface area contributed by atoms with Gasteiger partial charge in [0.2, 0.25) is 0 Å². The number of cyclic esters (lactones) is 1. The van der Waals surface area contributed by atoms with Gasteiger partial charge in [-0.1, -0.05) is 6.92 Å². The van der Waals surface area contributed by atoms with Crippen molar-refractivity contribution >= 4 is 5.97 Å². The molecule has 0 amide bonds. The number of carbonyl (C=O) groups is 1. The van der Waals surface area contributed by atoms with Crippen LogP contribution < -0.4 is 0 Å². The van der Waals surface area contributed by atoms with Gasteiger partial charge < -0.3 is 4.74 Å². The maximum Gasteiger partial charge on any atom is 0.327 e. The molecule has 1 saturated carbocycles. The van der Waals surface area contributed by atoms with E-state index < -0.39 is 5.41 Å². The SMILES string of the molecule is CC1CC2[C@H](C)OC(=O)C2(C#N)C1. The number of nitrogens with zero attached hydrogens (tertiary/aromatic N) is 1. The lowest BCUT2D eigenvalue weighted by Gasteiger charge is -2.14. The molecule has 0 aromatic rings. The number of rotatable bonds is 0. The van der Waals surface area contributed by atoms with Crippen molar-refractivity contribution in [1.82, 2.24) is 0 Å². The van der Waals surface area contributed by atoms with E-state index in [1.807, 2.05) is 6.92 Å². The monoisotopic (exact) mass is 179 g/mol. The summed E-state index contributed by atoms with van der Waals surface area (Å²) in [6.07, 6.45) is 1.55. The normalized spacial score (nSPS) is 48.4. The molecule has 1 saturated heterocycles. The van der Waals surface area contributed by atoms with Crippen LogP contribution in [-0.2, 0) is 9.53 Å². The third-order valence-corrected chi connectivity index (χ3v) is 3.38. The average molecular weight is 179 g/mol. The van der Waals surface area contributed by atoms with Crippen LogP contribution in [0.1, 0.15) is 26.7 Å². The third kappa shape index (κ3) is 0.918. The molecule has 70 valence electrons. The zero-order valence-corrected chi connectivity index (χ0v) is 7.91. The third-order valence-electron chi connectivity index (χ3n) is 3.38. The molecular weight excluding hydrogens is 166 g/mol. The van der Waals surface area contributed by atoms with Gasteiger partial charge in [-0.3, -0.25) is 4.79 Å². The first-order valence-electron chi connectivity index (χ1n) is 4.72. The molecule has 2 aliphatic rings. The maximum atomic E-state index is 11.5. The van der Waals surface area contributed by atoms with Crippen molar-refractivity contribution < 1.29 is 9.53 Å². The van der Waals surface area contributed by atoms with Crippen LogP contribution in [0.5, 0.6) is 0 Å². The van der Waals surface area contributed by atoms with Crippen molar-refractivity contribution in [2.75, 3.05) is 0 Å². The fourth-order valence-electron chi connectivity index (χ4n) is 2.78. The van der Waals surface area contributed by atoms with Gasteiger partial charge in [-0.25, -0.2) is 0 Å². The molecule has 4 atom stereocenters. The second-order valence-electron chi connectivity index (χ2n) is 4.35. The van der Waals surface area contributed by atoms with Crippen molar-refractivity contribution in [3.8, 4) is 6.07 Å². The van der Waals surface area contributed by atoms with Crippen LogP contribution in [-0.4, -0.2) is 12.1 Å². The van der Waals surface area contributed by atoms with Crippen LogP contribution in [0.25, 0.3) is 0 Å². The molecule has 0 spiro atoms. The molecule has 1 aliphatic heterocycles. The highest BCUT2D eigenvalue weighted by atomic mass is 16.6. The molecule has 0 aromatic carbocycles. The van der Waals surface area contributed by atoms with E-state index in [2.05, 4.69) is 13.0 Å². The van der Waals surface area contributed by atoms with Crippen molar-refractivity contribution in [2.24, 2.45) is 17.3 Å². The second-order valence-corrected chi connectivity index (χ2v) is 4.35. The van der Waals surface area contributed by atoms with Gasteiger partial charge in [0.25, 0.3) is 0 Å². The Labute approximate surface area is 77.7 Å². The highest BCUT2D eigenvalue weighted by Crippen LogP contribution is 2.53. The number of esters is 1. The number of hydrogen-bond acceptors (Lipinski definition) is 3. The zero-order valence-electron chi connectivity index (χ0n) is 7.91. The molecule has 3 heteroatoms. The zero-order chi connectivity index (χ0) is 9.64. The van der Waals surface area contributed by atoms with Crippen molar-refractivity contribution in [1.29, 1.82) is 5.26 Å². The number of fused-ring (bicyclic) bond motifs is 1. The maximum absolute atomic E-state index is 11.5. The molecule has 13 heavy (non-hydrogen) atoms. The highest BCUT2D eigenvalue weighted by molar-refractivity contribution is 5.83. The Bertz CT molecular complexity index is 294. The predicted octanol–water partition coefficient (Wildman–Crippen LogP) is 1.49. The average Bonchev–Trinajstić information content (AvgIpc) is 2.52. The van der Waals surface area contributed by atoms with Crippen LogP contribution in [0.15, 0.2) is 0 Å². The van der Waals surface area contributed by atoms with Crippen molar-refractivity contribution in [3.63, 3.8) is 0 Å². The standard InChI is InChI=1S/C10H13NO2/c1-6-3-8-7(2)13-9(12)10(8,4-6)5-11/h6-8H,3-4H2,1-2H3/t6?,7-,8?,10?/m0/s1. The van der Waals surface area contributed by atoms with E-state index in [0.29, 0.717) is 12.3 Å². The first-order chi connectivity index (χ1) is 6.10. The van der Waals surface area contributed by atoms with Gasteiger partial charge >= 0.3 is 5.97 Å². The molecule has 3 nitrogen and oxygen atoms in total. The summed E-state index contributed by atoms with van der Waals surface area (Å²) in [5, 5.41) is 9.08. The summed E-state index contributed by atoms with van der Waals surface area (Å²) in [4.78, 5) is 11.5. The molecule has 1 heterocycles. The Hall–Kier alpha value is -1.04. The van der Waals surface area contributed by atoms with E-state index in [1.54, 1.807) is 0 Å². The van der Waals surface area contributed by atoms with E-state index in [1.165, 1.54) is 0 Å². The molecule has 0 radical (unpaired) electrons. The molecule has 2 fully saturated rings. The Morgan fingerprint density at radius 2 is 2.31 bits per heavy atom. The first kappa shape index (κ1) is 8.55. The van der Waals surface area contributed by atoms with Crippen LogP contribution in [0, 0.1) is 28.6 Å². The topological polar surface area (TPSA) is 50.1 Å². The number of carbonyl (C=O) groups excluding carboxylic acids is 1. The Balaban J connectivity index is 2.39. The fourth-order valence-corrected chi connectivity index (χ4v) is 2.78. The summed E-state index contributed by atoms with van der Waals surface area (Å²) in [5.74, 6) is 0.303. The largest absolute Gasteiger partial charge is 0.461 e. The van der Waals surface area contributed by atoms with E-state index in [4.69, 9.17) is 10.00 Å². The van der Waals surface area contributed by atoms with Crippen LogP contribution in [0.3, 0.4) is 0 Å². The Morgan fingerprint density at radius 3 is 2.85 bits per heavy atom. The van der Waals surface area contributed by atoms with Gasteiger partial charge in [-0.15, -0.1) is 0 Å². The smallest absolute Gasteiger partial charge is 0.327 e. The number of nitriles is 1. The van der Waals surface area contributed by atoms with Gasteiger partial charge in [-0.05, 0) is 25.7 Å². The van der Waals surface area contributed by atoms with E-state index in [9.17, 15) is 4.79 Å². The first-order valence-corrected chi connectivity index (χ1v) is 4.72. The summed E-state index contributed by atoms with van der Waals surface area (Å²) in [6, 6.07) is 2.18. The van der Waals surface area contributed by atoms with Gasteiger partial charge in [0.15, 0.2) is 5.41 Å². The quantitative estimate of drug-likeness (QED) is 0.529. The minimum absolute atomic E-state index is 0.0721. The summed E-state index contributed by atoms with van der Waals surface area (Å²) in [5.41, 5.74) is -0.807.